The molecular formula is C20H18FN5O3. The van der Waals surface area contributed by atoms with Crippen LogP contribution in [0.15, 0.2) is 30.5 Å². The molecule has 1 aliphatic rings. The first-order valence-electron chi connectivity index (χ1n) is 8.90. The number of nitrogen functional groups attached to an aromatic ring is 1. The van der Waals surface area contributed by atoms with E-state index in [4.69, 9.17) is 26.5 Å². The molecule has 0 fully saturated rings. The molecular weight excluding hydrogens is 377 g/mol. The van der Waals surface area contributed by atoms with Crippen molar-refractivity contribution in [1.82, 2.24) is 14.8 Å². The summed E-state index contributed by atoms with van der Waals surface area (Å²) in [6.45, 7) is 9.65. The van der Waals surface area contributed by atoms with Gasteiger partial charge in [-0.3, -0.25) is 0 Å². The summed E-state index contributed by atoms with van der Waals surface area (Å²) in [6.07, 6.45) is 0.977. The number of rotatable bonds is 0. The van der Waals surface area contributed by atoms with Crippen LogP contribution in [-0.4, -0.2) is 28.0 Å². The molecule has 0 saturated carbocycles. The normalized spacial score (nSPS) is 15.7. The second-order valence-corrected chi connectivity index (χ2v) is 6.49. The largest absolute Gasteiger partial charge is 0.490 e. The standard InChI is InChI=1S/C20H18FN5O3/c1-11-14-9-13(21)4-5-15(14)27-6-7-28-20-17(19(23-2)26(3)25-20)12-8-16(29-11)18(22)24-10-12/h4-5,8-11H,6-7H2,1,3H3,(H2,22,24)/t11-/m1/s1. The molecule has 0 aliphatic carbocycles. The van der Waals surface area contributed by atoms with Crippen molar-refractivity contribution < 1.29 is 18.6 Å². The van der Waals surface area contributed by atoms with Gasteiger partial charge in [-0.15, -0.1) is 0 Å². The Hall–Kier alpha value is -3.80. The molecule has 2 N–H and O–H groups in total. The van der Waals surface area contributed by atoms with Crippen molar-refractivity contribution in [2.24, 2.45) is 7.05 Å². The van der Waals surface area contributed by atoms with Gasteiger partial charge in [-0.2, -0.15) is 4.68 Å². The molecule has 3 aromatic rings. The zero-order valence-corrected chi connectivity index (χ0v) is 15.8. The maximum absolute atomic E-state index is 13.8. The Morgan fingerprint density at radius 1 is 1.24 bits per heavy atom. The third-order valence-electron chi connectivity index (χ3n) is 4.55. The summed E-state index contributed by atoms with van der Waals surface area (Å²) in [6, 6.07) is 5.90. The van der Waals surface area contributed by atoms with Gasteiger partial charge in [-0.25, -0.2) is 9.37 Å². The van der Waals surface area contributed by atoms with Crippen LogP contribution in [-0.2, 0) is 7.05 Å². The summed E-state index contributed by atoms with van der Waals surface area (Å²) >= 11 is 0. The van der Waals surface area contributed by atoms with Gasteiger partial charge in [-0.1, -0.05) is 11.7 Å². The Bertz CT molecular complexity index is 1120. The molecule has 2 aromatic heterocycles. The van der Waals surface area contributed by atoms with E-state index >= 15 is 0 Å². The second-order valence-electron chi connectivity index (χ2n) is 6.49. The number of fused-ring (bicyclic) bond motifs is 5. The Morgan fingerprint density at radius 3 is 2.83 bits per heavy atom. The summed E-state index contributed by atoms with van der Waals surface area (Å²) in [5, 5.41) is 4.30. The number of aryl methyl sites for hydroxylation is 1. The molecule has 29 heavy (non-hydrogen) atoms. The van der Waals surface area contributed by atoms with E-state index < -0.39 is 11.9 Å². The number of ether oxygens (including phenoxy) is 3. The predicted molar refractivity (Wildman–Crippen MR) is 104 cm³/mol. The van der Waals surface area contributed by atoms with E-state index in [9.17, 15) is 4.39 Å². The number of pyridine rings is 1. The number of anilines is 1. The Morgan fingerprint density at radius 2 is 2.03 bits per heavy atom. The fourth-order valence-corrected chi connectivity index (χ4v) is 3.17. The fourth-order valence-electron chi connectivity index (χ4n) is 3.17. The molecule has 9 heteroatoms. The van der Waals surface area contributed by atoms with Gasteiger partial charge in [0.2, 0.25) is 0 Å². The summed E-state index contributed by atoms with van der Waals surface area (Å²) in [5.41, 5.74) is 7.61. The molecule has 2 bridgehead atoms. The molecule has 0 saturated heterocycles. The Balaban J connectivity index is 1.86. The molecule has 4 rings (SSSR count). The Labute approximate surface area is 166 Å². The minimum Gasteiger partial charge on any atom is -0.490 e. The number of halogens is 1. The van der Waals surface area contributed by atoms with Crippen molar-refractivity contribution in [1.29, 1.82) is 0 Å². The van der Waals surface area contributed by atoms with Crippen LogP contribution in [0.5, 0.6) is 17.4 Å². The topological polar surface area (TPSA) is 88.8 Å². The average Bonchev–Trinajstić information content (AvgIpc) is 3.02. The zero-order chi connectivity index (χ0) is 20.5. The first-order chi connectivity index (χ1) is 14.0. The first-order valence-corrected chi connectivity index (χ1v) is 8.90. The van der Waals surface area contributed by atoms with E-state index in [1.807, 2.05) is 0 Å². The lowest BCUT2D eigenvalue weighted by Crippen LogP contribution is -2.12. The quantitative estimate of drug-likeness (QED) is 0.585. The highest BCUT2D eigenvalue weighted by Gasteiger charge is 2.23. The lowest BCUT2D eigenvalue weighted by molar-refractivity contribution is 0.195. The molecule has 0 radical (unpaired) electrons. The molecule has 0 unspecified atom stereocenters. The number of hydrogen-bond acceptors (Lipinski definition) is 6. The van der Waals surface area contributed by atoms with Crippen LogP contribution in [0.1, 0.15) is 18.6 Å². The van der Waals surface area contributed by atoms with E-state index in [2.05, 4.69) is 14.9 Å². The molecule has 1 aliphatic heterocycles. The van der Waals surface area contributed by atoms with Gasteiger partial charge in [0, 0.05) is 17.3 Å². The van der Waals surface area contributed by atoms with Crippen molar-refractivity contribution >= 4 is 11.6 Å². The maximum Gasteiger partial charge on any atom is 0.263 e. The lowest BCUT2D eigenvalue weighted by atomic mass is 10.1. The fraction of sp³-hybridized carbons (Fsp3) is 0.250. The van der Waals surface area contributed by atoms with Crippen molar-refractivity contribution in [3.8, 4) is 28.5 Å². The SMILES string of the molecule is [C-]#[N+]c1c2c(nn1C)OCCOc1ccc(F)cc1[C@@H](C)Oc1cc-2cnc1N. The minimum atomic E-state index is -0.560. The summed E-state index contributed by atoms with van der Waals surface area (Å²) in [5.74, 6) is 1.13. The smallest absolute Gasteiger partial charge is 0.263 e. The number of benzene rings is 1. The predicted octanol–water partition coefficient (Wildman–Crippen LogP) is 3.67. The highest BCUT2D eigenvalue weighted by atomic mass is 19.1. The summed E-state index contributed by atoms with van der Waals surface area (Å²) in [4.78, 5) is 7.76. The van der Waals surface area contributed by atoms with Crippen LogP contribution >= 0.6 is 0 Å². The van der Waals surface area contributed by atoms with Crippen LogP contribution in [0.3, 0.4) is 0 Å². The number of aromatic nitrogens is 3. The zero-order valence-electron chi connectivity index (χ0n) is 15.8. The van der Waals surface area contributed by atoms with Gasteiger partial charge in [0.1, 0.15) is 30.9 Å². The number of nitrogens with zero attached hydrogens (tertiary/aromatic N) is 4. The molecule has 0 amide bonds. The van der Waals surface area contributed by atoms with Crippen LogP contribution in [0.2, 0.25) is 0 Å². The maximum atomic E-state index is 13.8. The highest BCUT2D eigenvalue weighted by molar-refractivity contribution is 5.82. The van der Waals surface area contributed by atoms with Crippen LogP contribution < -0.4 is 19.9 Å². The molecule has 1 atom stereocenters. The van der Waals surface area contributed by atoms with Crippen LogP contribution in [0.25, 0.3) is 16.0 Å². The highest BCUT2D eigenvalue weighted by Crippen LogP contribution is 2.41. The van der Waals surface area contributed by atoms with E-state index in [-0.39, 0.29) is 24.9 Å². The second kappa shape index (κ2) is 7.31. The molecule has 3 heterocycles. The van der Waals surface area contributed by atoms with Crippen LogP contribution in [0, 0.1) is 12.4 Å². The lowest BCUT2D eigenvalue weighted by Gasteiger charge is -2.19. The number of nitrogens with two attached hydrogens (primary N) is 1. The van der Waals surface area contributed by atoms with Crippen molar-refractivity contribution in [2.45, 2.75) is 13.0 Å². The average molecular weight is 395 g/mol. The third-order valence-corrected chi connectivity index (χ3v) is 4.55. The van der Waals surface area contributed by atoms with Gasteiger partial charge in [0.15, 0.2) is 11.6 Å². The Kier molecular flexibility index (Phi) is 4.68. The summed E-state index contributed by atoms with van der Waals surface area (Å²) in [7, 11) is 1.67. The van der Waals surface area contributed by atoms with E-state index in [1.165, 1.54) is 23.0 Å². The monoisotopic (exact) mass is 395 g/mol. The van der Waals surface area contributed by atoms with Gasteiger partial charge in [-0.05, 0) is 31.2 Å². The van der Waals surface area contributed by atoms with E-state index in [1.54, 1.807) is 26.1 Å². The molecule has 1 aromatic carbocycles. The third kappa shape index (κ3) is 3.40. The van der Waals surface area contributed by atoms with Crippen molar-refractivity contribution in [2.75, 3.05) is 18.9 Å². The molecule has 8 nitrogen and oxygen atoms in total. The first kappa shape index (κ1) is 18.6. The van der Waals surface area contributed by atoms with Gasteiger partial charge in [0.25, 0.3) is 11.7 Å². The van der Waals surface area contributed by atoms with Crippen molar-refractivity contribution in [3.05, 3.63) is 53.3 Å². The van der Waals surface area contributed by atoms with Crippen LogP contribution in [0.4, 0.5) is 16.0 Å². The molecule has 148 valence electrons. The van der Waals surface area contributed by atoms with E-state index in [0.717, 1.165) is 0 Å². The van der Waals surface area contributed by atoms with Gasteiger partial charge >= 0.3 is 0 Å². The summed E-state index contributed by atoms with van der Waals surface area (Å²) < 4.78 is 32.8. The van der Waals surface area contributed by atoms with Gasteiger partial charge < -0.3 is 24.8 Å². The minimum absolute atomic E-state index is 0.171. The van der Waals surface area contributed by atoms with Gasteiger partial charge in [0.05, 0.1) is 12.6 Å². The molecule has 0 spiro atoms. The van der Waals surface area contributed by atoms with E-state index in [0.29, 0.717) is 34.0 Å². The van der Waals surface area contributed by atoms with Crippen molar-refractivity contribution in [3.63, 3.8) is 0 Å². The number of hydrogen-bond donors (Lipinski definition) is 1.